The van der Waals surface area contributed by atoms with Crippen LogP contribution in [0.15, 0.2) is 60.2 Å². The molecule has 0 aromatic heterocycles. The summed E-state index contributed by atoms with van der Waals surface area (Å²) >= 11 is 0. The molecule has 114 valence electrons. The fourth-order valence-electron chi connectivity index (χ4n) is 2.93. The van der Waals surface area contributed by atoms with Gasteiger partial charge in [0.25, 0.3) is 0 Å². The molecule has 2 atom stereocenters. The second-order valence-corrected chi connectivity index (χ2v) is 5.90. The Morgan fingerprint density at radius 2 is 1.91 bits per heavy atom. The highest BCUT2D eigenvalue weighted by molar-refractivity contribution is 5.49. The number of nitrogens with one attached hydrogen (secondary N) is 1. The molecule has 2 unspecified atom stereocenters. The number of allylic oxidation sites excluding steroid dienone is 7. The number of benzene rings is 1. The summed E-state index contributed by atoms with van der Waals surface area (Å²) in [6.07, 6.45) is 14.4. The maximum Gasteiger partial charge on any atom is 0.187 e. The first kappa shape index (κ1) is 14.6. The zero-order valence-electron chi connectivity index (χ0n) is 12.2. The molecule has 3 rings (SSSR count). The number of aromatic hydroxyl groups is 1. The Bertz CT molecular complexity index is 695. The van der Waals surface area contributed by atoms with Crippen molar-refractivity contribution in [1.29, 1.82) is 0 Å². The van der Waals surface area contributed by atoms with Crippen LogP contribution in [-0.2, 0) is 0 Å². The van der Waals surface area contributed by atoms with Crippen molar-refractivity contribution in [3.05, 3.63) is 71.9 Å². The van der Waals surface area contributed by atoms with Crippen LogP contribution in [0.4, 0.5) is 14.5 Å². The summed E-state index contributed by atoms with van der Waals surface area (Å²) in [6.45, 7) is 2.62. The Morgan fingerprint density at radius 3 is 2.64 bits per heavy atom. The highest BCUT2D eigenvalue weighted by Gasteiger charge is 2.34. The van der Waals surface area contributed by atoms with Crippen molar-refractivity contribution < 1.29 is 13.9 Å². The Morgan fingerprint density at radius 1 is 1.18 bits per heavy atom. The maximum absolute atomic E-state index is 13.4. The minimum atomic E-state index is -0.965. The maximum atomic E-state index is 13.4. The first-order valence-corrected chi connectivity index (χ1v) is 7.16. The number of hydrogen-bond acceptors (Lipinski definition) is 2. The number of phenolic OH excluding ortho intramolecular Hbond substituents is 1. The van der Waals surface area contributed by atoms with Crippen LogP contribution in [0, 0.1) is 23.0 Å². The zero-order valence-corrected chi connectivity index (χ0v) is 12.2. The molecule has 0 amide bonds. The first-order chi connectivity index (χ1) is 10.5. The molecule has 2 aliphatic carbocycles. The van der Waals surface area contributed by atoms with Gasteiger partial charge in [0, 0.05) is 35.7 Å². The predicted octanol–water partition coefficient (Wildman–Crippen LogP) is 4.33. The SMILES string of the molecule is CC1(CNc2cc(F)c(O)c(F)c2)C=CC=C2C=CC=CC21. The van der Waals surface area contributed by atoms with Crippen LogP contribution in [0.3, 0.4) is 0 Å². The van der Waals surface area contributed by atoms with Crippen molar-refractivity contribution in [2.75, 3.05) is 11.9 Å². The summed E-state index contributed by atoms with van der Waals surface area (Å²) in [7, 11) is 0. The fraction of sp³-hybridized carbons (Fsp3) is 0.222. The lowest BCUT2D eigenvalue weighted by atomic mass is 9.69. The van der Waals surface area contributed by atoms with Crippen molar-refractivity contribution in [3.8, 4) is 5.75 Å². The Hall–Kier alpha value is -2.36. The lowest BCUT2D eigenvalue weighted by Crippen LogP contribution is -2.34. The zero-order chi connectivity index (χ0) is 15.7. The quantitative estimate of drug-likeness (QED) is 0.815. The minimum Gasteiger partial charge on any atom is -0.503 e. The van der Waals surface area contributed by atoms with Crippen LogP contribution in [0.2, 0.25) is 0 Å². The minimum absolute atomic E-state index is 0.198. The van der Waals surface area contributed by atoms with Gasteiger partial charge in [-0.15, -0.1) is 0 Å². The molecule has 0 aliphatic heterocycles. The topological polar surface area (TPSA) is 32.3 Å². The molecule has 2 aliphatic rings. The third-order valence-electron chi connectivity index (χ3n) is 4.23. The average molecular weight is 301 g/mol. The van der Waals surface area contributed by atoms with Crippen LogP contribution in [0.1, 0.15) is 6.92 Å². The Balaban J connectivity index is 1.79. The molecule has 0 spiro atoms. The lowest BCUT2D eigenvalue weighted by molar-refractivity contribution is 0.366. The molecule has 2 N–H and O–H groups in total. The number of rotatable bonds is 3. The third kappa shape index (κ3) is 2.56. The molecule has 2 nitrogen and oxygen atoms in total. The van der Waals surface area contributed by atoms with Crippen molar-refractivity contribution in [2.24, 2.45) is 11.3 Å². The standard InChI is InChI=1S/C18H17F2NO/c1-18(8-4-6-12-5-2-3-7-14(12)18)11-21-13-9-15(19)17(22)16(20)10-13/h2-10,14,21-22H,11H2,1H3. The van der Waals surface area contributed by atoms with E-state index < -0.39 is 17.4 Å². The predicted molar refractivity (Wildman–Crippen MR) is 83.6 cm³/mol. The van der Waals surface area contributed by atoms with E-state index in [2.05, 4.69) is 36.5 Å². The number of fused-ring (bicyclic) bond motifs is 1. The van der Waals surface area contributed by atoms with Crippen molar-refractivity contribution in [3.63, 3.8) is 0 Å². The van der Waals surface area contributed by atoms with Gasteiger partial charge in [0.2, 0.25) is 0 Å². The summed E-state index contributed by atoms with van der Waals surface area (Å²) in [5.74, 6) is -2.65. The van der Waals surface area contributed by atoms with Gasteiger partial charge < -0.3 is 10.4 Å². The van der Waals surface area contributed by atoms with Crippen LogP contribution in [0.5, 0.6) is 5.75 Å². The summed E-state index contributed by atoms with van der Waals surface area (Å²) in [4.78, 5) is 0. The highest BCUT2D eigenvalue weighted by atomic mass is 19.1. The number of anilines is 1. The van der Waals surface area contributed by atoms with E-state index in [-0.39, 0.29) is 11.3 Å². The molecule has 4 heteroatoms. The van der Waals surface area contributed by atoms with Gasteiger partial charge in [0.05, 0.1) is 0 Å². The summed E-state index contributed by atoms with van der Waals surface area (Å²) in [5.41, 5.74) is 1.34. The molecule has 0 saturated heterocycles. The number of phenols is 1. The second kappa shape index (κ2) is 5.44. The third-order valence-corrected chi connectivity index (χ3v) is 4.23. The van der Waals surface area contributed by atoms with Gasteiger partial charge in [0.1, 0.15) is 0 Å². The van der Waals surface area contributed by atoms with E-state index in [1.807, 2.05) is 18.2 Å². The molecule has 22 heavy (non-hydrogen) atoms. The molecular weight excluding hydrogens is 284 g/mol. The van der Waals surface area contributed by atoms with E-state index in [0.29, 0.717) is 12.2 Å². The fourth-order valence-corrected chi connectivity index (χ4v) is 2.93. The van der Waals surface area contributed by atoms with Gasteiger partial charge in [-0.2, -0.15) is 0 Å². The number of halogens is 2. The average Bonchev–Trinajstić information content (AvgIpc) is 2.51. The first-order valence-electron chi connectivity index (χ1n) is 7.16. The van der Waals surface area contributed by atoms with Gasteiger partial charge in [-0.3, -0.25) is 0 Å². The van der Waals surface area contributed by atoms with Crippen LogP contribution in [0.25, 0.3) is 0 Å². The second-order valence-electron chi connectivity index (χ2n) is 5.90. The number of hydrogen-bond donors (Lipinski definition) is 2. The lowest BCUT2D eigenvalue weighted by Gasteiger charge is -2.38. The Kier molecular flexibility index (Phi) is 3.61. The van der Waals surface area contributed by atoms with Gasteiger partial charge in [-0.05, 0) is 5.57 Å². The largest absolute Gasteiger partial charge is 0.503 e. The van der Waals surface area contributed by atoms with Crippen molar-refractivity contribution in [2.45, 2.75) is 6.92 Å². The molecular formula is C18H17F2NO. The van der Waals surface area contributed by atoms with E-state index in [0.717, 1.165) is 12.1 Å². The summed E-state index contributed by atoms with van der Waals surface area (Å²) in [5, 5.41) is 12.2. The molecule has 0 bridgehead atoms. The normalized spacial score (nSPS) is 25.8. The van der Waals surface area contributed by atoms with Gasteiger partial charge in [-0.25, -0.2) is 8.78 Å². The van der Waals surface area contributed by atoms with Gasteiger partial charge in [0.15, 0.2) is 17.4 Å². The van der Waals surface area contributed by atoms with E-state index in [1.165, 1.54) is 5.57 Å². The van der Waals surface area contributed by atoms with Crippen LogP contribution < -0.4 is 5.32 Å². The van der Waals surface area contributed by atoms with E-state index in [9.17, 15) is 8.78 Å². The summed E-state index contributed by atoms with van der Waals surface area (Å²) < 4.78 is 26.8. The summed E-state index contributed by atoms with van der Waals surface area (Å²) in [6, 6.07) is 2.20. The molecule has 0 radical (unpaired) electrons. The molecule has 0 fully saturated rings. The molecule has 0 heterocycles. The van der Waals surface area contributed by atoms with Gasteiger partial charge >= 0.3 is 0 Å². The molecule has 0 saturated carbocycles. The van der Waals surface area contributed by atoms with Crippen LogP contribution >= 0.6 is 0 Å². The van der Waals surface area contributed by atoms with Gasteiger partial charge in [-0.1, -0.05) is 49.5 Å². The van der Waals surface area contributed by atoms with E-state index in [4.69, 9.17) is 5.11 Å². The van der Waals surface area contributed by atoms with Crippen molar-refractivity contribution >= 4 is 5.69 Å². The monoisotopic (exact) mass is 301 g/mol. The molecule has 1 aromatic rings. The van der Waals surface area contributed by atoms with Crippen LogP contribution in [-0.4, -0.2) is 11.7 Å². The van der Waals surface area contributed by atoms with Crippen molar-refractivity contribution in [1.82, 2.24) is 0 Å². The molecule has 1 aromatic carbocycles. The Labute approximate surface area is 128 Å². The van der Waals surface area contributed by atoms with E-state index >= 15 is 0 Å². The smallest absolute Gasteiger partial charge is 0.187 e. The van der Waals surface area contributed by atoms with E-state index in [1.54, 1.807) is 0 Å². The highest BCUT2D eigenvalue weighted by Crippen LogP contribution is 2.40.